The van der Waals surface area contributed by atoms with Crippen molar-refractivity contribution in [2.45, 2.75) is 83.1 Å². The minimum Gasteiger partial charge on any atom is -0.444 e. The molecule has 0 bridgehead atoms. The summed E-state index contributed by atoms with van der Waals surface area (Å²) in [7, 11) is 0. The van der Waals surface area contributed by atoms with E-state index in [2.05, 4.69) is 10.3 Å². The zero-order valence-corrected chi connectivity index (χ0v) is 19.4. The van der Waals surface area contributed by atoms with Crippen molar-refractivity contribution in [1.82, 2.24) is 15.2 Å². The van der Waals surface area contributed by atoms with Gasteiger partial charge in [0.1, 0.15) is 5.60 Å². The van der Waals surface area contributed by atoms with E-state index in [1.807, 2.05) is 0 Å². The third-order valence-electron chi connectivity index (χ3n) is 6.18. The summed E-state index contributed by atoms with van der Waals surface area (Å²) < 4.78 is 85.3. The molecular weight excluding hydrogens is 484 g/mol. The summed E-state index contributed by atoms with van der Waals surface area (Å²) in [4.78, 5) is 30.4. The van der Waals surface area contributed by atoms with Gasteiger partial charge in [0.2, 0.25) is 5.91 Å². The molecule has 1 aromatic heterocycles. The Morgan fingerprint density at radius 1 is 1.23 bits per heavy atom. The number of carbonyl (C=O) groups excluding carboxylic acids is 2. The molecule has 0 spiro atoms. The maximum atomic E-state index is 13.6. The van der Waals surface area contributed by atoms with Gasteiger partial charge in [0, 0.05) is 37.4 Å². The molecule has 0 radical (unpaired) electrons. The number of halogens is 6. The molecule has 3 rings (SSSR count). The van der Waals surface area contributed by atoms with Crippen molar-refractivity contribution in [3.63, 3.8) is 0 Å². The Balaban J connectivity index is 1.85. The van der Waals surface area contributed by atoms with Crippen molar-refractivity contribution in [3.8, 4) is 0 Å². The second-order valence-corrected chi connectivity index (χ2v) is 9.99. The van der Waals surface area contributed by atoms with Crippen molar-refractivity contribution in [1.29, 1.82) is 0 Å². The predicted octanol–water partition coefficient (Wildman–Crippen LogP) is 3.97. The first-order valence-electron chi connectivity index (χ1n) is 11.0. The van der Waals surface area contributed by atoms with Crippen molar-refractivity contribution in [2.75, 3.05) is 6.54 Å². The Labute approximate surface area is 197 Å². The largest absolute Gasteiger partial charge is 0.444 e. The number of ether oxygens (including phenoxy) is 1. The monoisotopic (exact) mass is 511 g/mol. The Bertz CT molecular complexity index is 975. The molecule has 1 fully saturated rings. The zero-order valence-electron chi connectivity index (χ0n) is 19.4. The molecule has 2 amide bonds. The molecule has 2 aliphatic rings. The standard InChI is InChI=1S/C22H27F6N3O4/c1-19(2,3)35-18(34)30-14-4-6-20(9-14,16(32)22(26,27)28)17(33)31-7-5-15-12(11-31)8-13(10-29-15)21(23,24)25/h8,10,14,16,32H,4-7,9,11H2,1-3H3,(H,30,34). The first-order chi connectivity index (χ1) is 15.9. The highest BCUT2D eigenvalue weighted by molar-refractivity contribution is 5.84. The average Bonchev–Trinajstić information content (AvgIpc) is 3.13. The fourth-order valence-electron chi connectivity index (χ4n) is 4.62. The van der Waals surface area contributed by atoms with Gasteiger partial charge in [-0.05, 0) is 51.7 Å². The Hall–Kier alpha value is -2.57. The highest BCUT2D eigenvalue weighted by Gasteiger charge is 2.61. The normalized spacial score (nSPS) is 24.1. The molecule has 1 aliphatic carbocycles. The number of aliphatic hydroxyl groups excluding tert-OH is 1. The second kappa shape index (κ2) is 9.14. The number of hydrogen-bond donors (Lipinski definition) is 2. The number of alkyl carbamates (subject to hydrolysis) is 1. The van der Waals surface area contributed by atoms with Crippen LogP contribution in [0.1, 0.15) is 56.9 Å². The number of aliphatic hydroxyl groups is 1. The van der Waals surface area contributed by atoms with Crippen LogP contribution >= 0.6 is 0 Å². The number of hydrogen-bond acceptors (Lipinski definition) is 5. The van der Waals surface area contributed by atoms with Crippen LogP contribution in [0.25, 0.3) is 0 Å². The summed E-state index contributed by atoms with van der Waals surface area (Å²) in [5.41, 5.74) is -3.78. The van der Waals surface area contributed by atoms with E-state index in [1.54, 1.807) is 20.8 Å². The average molecular weight is 511 g/mol. The van der Waals surface area contributed by atoms with Gasteiger partial charge in [-0.2, -0.15) is 26.3 Å². The number of aromatic nitrogens is 1. The molecule has 1 aromatic rings. The number of amides is 2. The van der Waals surface area contributed by atoms with Crippen LogP contribution in [0.5, 0.6) is 0 Å². The third-order valence-corrected chi connectivity index (χ3v) is 6.18. The summed E-state index contributed by atoms with van der Waals surface area (Å²) >= 11 is 0. The fraction of sp³-hybridized carbons (Fsp3) is 0.682. The summed E-state index contributed by atoms with van der Waals surface area (Å²) in [6.45, 7) is 4.38. The second-order valence-electron chi connectivity index (χ2n) is 9.99. The summed E-state index contributed by atoms with van der Waals surface area (Å²) in [6.07, 6.45) is -13.9. The van der Waals surface area contributed by atoms with Gasteiger partial charge >= 0.3 is 18.4 Å². The molecular formula is C22H27F6N3O4. The Morgan fingerprint density at radius 3 is 2.46 bits per heavy atom. The lowest BCUT2D eigenvalue weighted by atomic mass is 9.77. The van der Waals surface area contributed by atoms with Crippen LogP contribution in [0.15, 0.2) is 12.3 Å². The van der Waals surface area contributed by atoms with E-state index in [1.165, 1.54) is 0 Å². The van der Waals surface area contributed by atoms with E-state index in [0.717, 1.165) is 11.0 Å². The van der Waals surface area contributed by atoms with Crippen molar-refractivity contribution in [2.24, 2.45) is 5.41 Å². The van der Waals surface area contributed by atoms with Crippen LogP contribution in [0, 0.1) is 5.41 Å². The number of pyridine rings is 1. The van der Waals surface area contributed by atoms with Gasteiger partial charge in [-0.25, -0.2) is 4.79 Å². The quantitative estimate of drug-likeness (QED) is 0.600. The Kier molecular flexibility index (Phi) is 7.06. The first kappa shape index (κ1) is 27.0. The molecule has 0 aromatic carbocycles. The molecule has 1 saturated carbocycles. The van der Waals surface area contributed by atoms with Crippen LogP contribution in [-0.2, 0) is 28.7 Å². The topological polar surface area (TPSA) is 91.8 Å². The number of rotatable bonds is 3. The number of nitrogens with one attached hydrogen (secondary N) is 1. The van der Waals surface area contributed by atoms with Gasteiger partial charge in [0.25, 0.3) is 0 Å². The van der Waals surface area contributed by atoms with Gasteiger partial charge in [-0.3, -0.25) is 9.78 Å². The van der Waals surface area contributed by atoms with E-state index in [9.17, 15) is 41.0 Å². The molecule has 0 saturated heterocycles. The minimum atomic E-state index is -5.13. The first-order valence-corrected chi connectivity index (χ1v) is 11.0. The highest BCUT2D eigenvalue weighted by Crippen LogP contribution is 2.48. The zero-order chi connectivity index (χ0) is 26.4. The van der Waals surface area contributed by atoms with Gasteiger partial charge < -0.3 is 20.1 Å². The molecule has 196 valence electrons. The van der Waals surface area contributed by atoms with E-state index in [4.69, 9.17) is 4.74 Å². The van der Waals surface area contributed by atoms with Crippen LogP contribution in [-0.4, -0.2) is 57.5 Å². The van der Waals surface area contributed by atoms with Crippen LogP contribution in [0.2, 0.25) is 0 Å². The van der Waals surface area contributed by atoms with Crippen molar-refractivity contribution < 1.29 is 45.8 Å². The molecule has 7 nitrogen and oxygen atoms in total. The fourth-order valence-corrected chi connectivity index (χ4v) is 4.62. The van der Waals surface area contributed by atoms with Crippen LogP contribution in [0.4, 0.5) is 31.1 Å². The predicted molar refractivity (Wildman–Crippen MR) is 110 cm³/mol. The van der Waals surface area contributed by atoms with Gasteiger partial charge in [-0.15, -0.1) is 0 Å². The number of alkyl halides is 6. The van der Waals surface area contributed by atoms with Gasteiger partial charge in [0.05, 0.1) is 11.0 Å². The molecule has 3 unspecified atom stereocenters. The summed E-state index contributed by atoms with van der Waals surface area (Å²) in [5.74, 6) is -1.03. The summed E-state index contributed by atoms with van der Waals surface area (Å²) in [5, 5.41) is 12.7. The lowest BCUT2D eigenvalue weighted by Gasteiger charge is -2.40. The van der Waals surface area contributed by atoms with Crippen molar-refractivity contribution >= 4 is 12.0 Å². The number of fused-ring (bicyclic) bond motifs is 1. The number of nitrogens with zero attached hydrogens (tertiary/aromatic N) is 2. The molecule has 3 atom stereocenters. The van der Waals surface area contributed by atoms with E-state index in [-0.39, 0.29) is 37.9 Å². The molecule has 2 N–H and O–H groups in total. The summed E-state index contributed by atoms with van der Waals surface area (Å²) in [6, 6.07) is -0.0442. The third kappa shape index (κ3) is 5.99. The van der Waals surface area contributed by atoms with Crippen LogP contribution < -0.4 is 5.32 Å². The minimum absolute atomic E-state index is 0.0255. The van der Waals surface area contributed by atoms with Crippen molar-refractivity contribution in [3.05, 3.63) is 29.1 Å². The molecule has 13 heteroatoms. The van der Waals surface area contributed by atoms with Crippen LogP contribution in [0.3, 0.4) is 0 Å². The smallest absolute Gasteiger partial charge is 0.417 e. The van der Waals surface area contributed by atoms with E-state index < -0.39 is 59.5 Å². The van der Waals surface area contributed by atoms with Gasteiger partial charge in [0.15, 0.2) is 6.10 Å². The van der Waals surface area contributed by atoms with Gasteiger partial charge in [-0.1, -0.05) is 0 Å². The number of carbonyl (C=O) groups is 2. The Morgan fingerprint density at radius 2 is 1.89 bits per heavy atom. The maximum Gasteiger partial charge on any atom is 0.417 e. The highest BCUT2D eigenvalue weighted by atomic mass is 19.4. The molecule has 2 heterocycles. The van der Waals surface area contributed by atoms with E-state index >= 15 is 0 Å². The SMILES string of the molecule is CC(C)(C)OC(=O)NC1CCC(C(=O)N2CCc3ncc(C(F)(F)F)cc3C2)(C(O)C(F)(F)F)C1. The van der Waals surface area contributed by atoms with E-state index in [0.29, 0.717) is 11.9 Å². The molecule has 1 aliphatic heterocycles. The lowest BCUT2D eigenvalue weighted by Crippen LogP contribution is -2.55. The molecule has 35 heavy (non-hydrogen) atoms. The maximum absolute atomic E-state index is 13.6. The lowest BCUT2D eigenvalue weighted by molar-refractivity contribution is -0.240.